The minimum atomic E-state index is -0.431. The summed E-state index contributed by atoms with van der Waals surface area (Å²) in [6, 6.07) is 11.1. The predicted molar refractivity (Wildman–Crippen MR) is 138 cm³/mol. The summed E-state index contributed by atoms with van der Waals surface area (Å²) in [5.74, 6) is -1.10. The predicted octanol–water partition coefficient (Wildman–Crippen LogP) is 4.42. The van der Waals surface area contributed by atoms with Crippen LogP contribution >= 0.6 is 28.1 Å². The van der Waals surface area contributed by atoms with Gasteiger partial charge < -0.3 is 5.32 Å². The minimum Gasteiger partial charge on any atom is -0.326 e. The number of hydrogen-bond acceptors (Lipinski definition) is 4. The molecular weight excluding hydrogens is 504 g/mol. The number of rotatable bonds is 5. The quantitative estimate of drug-likeness (QED) is 0.337. The molecule has 0 aliphatic rings. The van der Waals surface area contributed by atoms with Gasteiger partial charge in [-0.1, -0.05) is 54.9 Å². The van der Waals surface area contributed by atoms with Crippen LogP contribution in [0.2, 0.25) is 0 Å². The zero-order valence-corrected chi connectivity index (χ0v) is 21.8. The lowest BCUT2D eigenvalue weighted by Crippen LogP contribution is -2.48. The van der Waals surface area contributed by atoms with Crippen LogP contribution in [0.15, 0.2) is 40.9 Å². The summed E-state index contributed by atoms with van der Waals surface area (Å²) in [6.45, 7) is 10.1. The van der Waals surface area contributed by atoms with E-state index >= 15 is 0 Å². The summed E-state index contributed by atoms with van der Waals surface area (Å²) >= 11 is 8.57. The van der Waals surface area contributed by atoms with Crippen LogP contribution in [0.25, 0.3) is 0 Å². The Morgan fingerprint density at radius 1 is 0.939 bits per heavy atom. The molecule has 2 aromatic rings. The third-order valence-corrected chi connectivity index (χ3v) is 5.69. The number of aryl methyl sites for hydroxylation is 2. The van der Waals surface area contributed by atoms with Gasteiger partial charge in [-0.2, -0.15) is 0 Å². The number of nitrogens with one attached hydrogen (secondary N) is 4. The van der Waals surface area contributed by atoms with Crippen molar-refractivity contribution in [3.05, 3.63) is 63.1 Å². The Morgan fingerprint density at radius 2 is 1.61 bits per heavy atom. The molecule has 0 heterocycles. The Balaban J connectivity index is 1.78. The average Bonchev–Trinajstić information content (AvgIpc) is 2.72. The molecule has 0 bridgehead atoms. The van der Waals surface area contributed by atoms with Crippen LogP contribution in [-0.2, 0) is 15.0 Å². The van der Waals surface area contributed by atoms with Gasteiger partial charge in [-0.05, 0) is 66.4 Å². The summed E-state index contributed by atoms with van der Waals surface area (Å²) in [5.41, 5.74) is 9.01. The molecule has 4 N–H and O–H groups in total. The van der Waals surface area contributed by atoms with Gasteiger partial charge >= 0.3 is 0 Å². The first-order valence-electron chi connectivity index (χ1n) is 10.4. The zero-order valence-electron chi connectivity index (χ0n) is 19.4. The van der Waals surface area contributed by atoms with Crippen LogP contribution in [0.4, 0.5) is 5.69 Å². The van der Waals surface area contributed by atoms with Crippen LogP contribution in [0.1, 0.15) is 60.7 Å². The fraction of sp³-hybridized carbons (Fsp3) is 0.333. The van der Waals surface area contributed by atoms with Gasteiger partial charge in [0.2, 0.25) is 11.8 Å². The molecule has 0 aromatic heterocycles. The van der Waals surface area contributed by atoms with E-state index in [-0.39, 0.29) is 29.3 Å². The van der Waals surface area contributed by atoms with E-state index < -0.39 is 11.8 Å². The van der Waals surface area contributed by atoms with E-state index in [1.807, 2.05) is 38.1 Å². The van der Waals surface area contributed by atoms with Gasteiger partial charge in [0.05, 0.1) is 0 Å². The number of amides is 3. The van der Waals surface area contributed by atoms with E-state index in [9.17, 15) is 14.4 Å². The van der Waals surface area contributed by atoms with Crippen LogP contribution in [0.5, 0.6) is 0 Å². The average molecular weight is 533 g/mol. The molecule has 0 fully saturated rings. The fourth-order valence-electron chi connectivity index (χ4n) is 2.97. The number of halogens is 1. The summed E-state index contributed by atoms with van der Waals surface area (Å²) in [6.07, 6.45) is -0.0321. The number of hydrogen-bond donors (Lipinski definition) is 4. The molecule has 176 valence electrons. The summed E-state index contributed by atoms with van der Waals surface area (Å²) in [7, 11) is 0. The van der Waals surface area contributed by atoms with Crippen molar-refractivity contribution in [2.24, 2.45) is 0 Å². The normalized spacial score (nSPS) is 10.8. The molecular formula is C24H29BrN4O3S. The molecule has 2 aromatic carbocycles. The van der Waals surface area contributed by atoms with Crippen molar-refractivity contribution < 1.29 is 14.4 Å². The summed E-state index contributed by atoms with van der Waals surface area (Å²) in [5, 5.41) is 5.27. The van der Waals surface area contributed by atoms with E-state index in [0.717, 1.165) is 26.9 Å². The van der Waals surface area contributed by atoms with Crippen molar-refractivity contribution in [3.63, 3.8) is 0 Å². The topological polar surface area (TPSA) is 99.3 Å². The van der Waals surface area contributed by atoms with Gasteiger partial charge in [-0.15, -0.1) is 0 Å². The van der Waals surface area contributed by atoms with Crippen LogP contribution in [0, 0.1) is 13.8 Å². The van der Waals surface area contributed by atoms with Crippen molar-refractivity contribution in [1.82, 2.24) is 16.2 Å². The zero-order chi connectivity index (χ0) is 24.8. The highest BCUT2D eigenvalue weighted by Crippen LogP contribution is 2.30. The number of benzene rings is 2. The molecule has 0 saturated heterocycles. The smallest absolute Gasteiger partial charge is 0.257 e. The molecule has 33 heavy (non-hydrogen) atoms. The Kier molecular flexibility index (Phi) is 9.13. The molecule has 0 spiro atoms. The molecule has 0 atom stereocenters. The Morgan fingerprint density at radius 3 is 2.24 bits per heavy atom. The largest absolute Gasteiger partial charge is 0.326 e. The number of thiocarbonyl (C=S) groups is 1. The molecule has 0 aliphatic heterocycles. The first-order chi connectivity index (χ1) is 15.4. The molecule has 0 saturated carbocycles. The van der Waals surface area contributed by atoms with Crippen LogP contribution in [-0.4, -0.2) is 22.8 Å². The second-order valence-electron chi connectivity index (χ2n) is 8.77. The number of carbonyl (C=O) groups excluding carboxylic acids is 3. The lowest BCUT2D eigenvalue weighted by atomic mass is 9.86. The lowest BCUT2D eigenvalue weighted by molar-refractivity contribution is -0.124. The van der Waals surface area contributed by atoms with Crippen molar-refractivity contribution in [2.75, 3.05) is 5.32 Å². The van der Waals surface area contributed by atoms with Crippen molar-refractivity contribution in [2.45, 2.75) is 52.9 Å². The second kappa shape index (κ2) is 11.4. The first kappa shape index (κ1) is 26.5. The molecule has 0 aliphatic carbocycles. The van der Waals surface area contributed by atoms with Gasteiger partial charge in [0, 0.05) is 28.6 Å². The van der Waals surface area contributed by atoms with Gasteiger partial charge in [0.25, 0.3) is 5.91 Å². The van der Waals surface area contributed by atoms with Crippen LogP contribution in [0.3, 0.4) is 0 Å². The second-order valence-corrected chi connectivity index (χ2v) is 10.0. The Bertz CT molecular complexity index is 1080. The highest BCUT2D eigenvalue weighted by molar-refractivity contribution is 9.10. The maximum atomic E-state index is 12.4. The van der Waals surface area contributed by atoms with E-state index in [2.05, 4.69) is 58.2 Å². The molecule has 3 amide bonds. The van der Waals surface area contributed by atoms with Gasteiger partial charge in [0.15, 0.2) is 5.11 Å². The van der Waals surface area contributed by atoms with Gasteiger partial charge in [-0.25, -0.2) is 0 Å². The molecule has 0 radical (unpaired) electrons. The number of anilines is 1. The highest BCUT2D eigenvalue weighted by atomic mass is 79.9. The molecule has 9 heteroatoms. The van der Waals surface area contributed by atoms with Gasteiger partial charge in [-0.3, -0.25) is 30.6 Å². The SMILES string of the molecule is Cc1ccc(C)c(NC(=O)CCC(=O)NNC(=S)NC(=O)c2ccc(C(C)(C)C)c(Br)c2)c1. The van der Waals surface area contributed by atoms with Gasteiger partial charge in [0.1, 0.15) is 0 Å². The lowest BCUT2D eigenvalue weighted by Gasteiger charge is -2.21. The first-order valence-corrected chi connectivity index (χ1v) is 11.6. The number of hydrazine groups is 1. The Labute approximate surface area is 208 Å². The van der Waals surface area contributed by atoms with E-state index in [4.69, 9.17) is 12.2 Å². The van der Waals surface area contributed by atoms with E-state index in [1.165, 1.54) is 0 Å². The highest BCUT2D eigenvalue weighted by Gasteiger charge is 2.19. The van der Waals surface area contributed by atoms with Crippen molar-refractivity contribution in [1.29, 1.82) is 0 Å². The third kappa shape index (κ3) is 8.25. The van der Waals surface area contributed by atoms with Crippen molar-refractivity contribution in [3.8, 4) is 0 Å². The molecule has 7 nitrogen and oxygen atoms in total. The summed E-state index contributed by atoms with van der Waals surface area (Å²) in [4.78, 5) is 36.6. The van der Waals surface area contributed by atoms with E-state index in [1.54, 1.807) is 12.1 Å². The summed E-state index contributed by atoms with van der Waals surface area (Å²) < 4.78 is 0.828. The Hall–Kier alpha value is -2.78. The maximum absolute atomic E-state index is 12.4. The maximum Gasteiger partial charge on any atom is 0.257 e. The monoisotopic (exact) mass is 532 g/mol. The standard InChI is InChI=1S/C24H29BrN4O3S/c1-14-6-7-15(2)19(12-14)26-20(30)10-11-21(31)28-29-23(33)27-22(32)16-8-9-17(18(25)13-16)24(3,4)5/h6-9,12-13H,10-11H2,1-5H3,(H,26,30)(H,28,31)(H2,27,29,32,33). The van der Waals surface area contributed by atoms with Crippen molar-refractivity contribution >= 4 is 56.7 Å². The van der Waals surface area contributed by atoms with E-state index in [0.29, 0.717) is 5.56 Å². The number of carbonyl (C=O) groups is 3. The fourth-order valence-corrected chi connectivity index (χ4v) is 4.09. The van der Waals surface area contributed by atoms with Crippen LogP contribution < -0.4 is 21.5 Å². The minimum absolute atomic E-state index is 0.00810. The third-order valence-electron chi connectivity index (χ3n) is 4.83. The molecule has 0 unspecified atom stereocenters. The molecule has 2 rings (SSSR count).